The second-order valence-corrected chi connectivity index (χ2v) is 11.3. The van der Waals surface area contributed by atoms with Crippen LogP contribution in [-0.2, 0) is 23.9 Å². The van der Waals surface area contributed by atoms with E-state index in [1.54, 1.807) is 35.2 Å². The van der Waals surface area contributed by atoms with E-state index in [0.29, 0.717) is 30.0 Å². The Morgan fingerprint density at radius 3 is 2.47 bits per heavy atom. The number of halogens is 1. The molecule has 4 heterocycles. The number of carbonyl (C=O) groups excluding carboxylic acids is 3. The van der Waals surface area contributed by atoms with Crippen LogP contribution in [0.15, 0.2) is 48.6 Å². The molecule has 5 rings (SSSR count). The normalized spacial score (nSPS) is 34.6. The van der Waals surface area contributed by atoms with Crippen LogP contribution in [0.25, 0.3) is 0 Å². The fraction of sp³-hybridized carbons (Fsp3) is 0.552. The van der Waals surface area contributed by atoms with Crippen LogP contribution in [0.1, 0.15) is 40.0 Å². The lowest BCUT2D eigenvalue weighted by Gasteiger charge is -2.41. The van der Waals surface area contributed by atoms with Gasteiger partial charge in [-0.3, -0.25) is 14.4 Å². The van der Waals surface area contributed by atoms with Gasteiger partial charge in [0.15, 0.2) is 0 Å². The summed E-state index contributed by atoms with van der Waals surface area (Å²) in [5, 5.41) is 10.9. The van der Waals surface area contributed by atoms with Gasteiger partial charge in [-0.15, -0.1) is 0 Å². The maximum atomic E-state index is 14.5. The Morgan fingerprint density at radius 2 is 1.82 bits per heavy atom. The smallest absolute Gasteiger partial charge is 0.313 e. The minimum absolute atomic E-state index is 0.146. The van der Waals surface area contributed by atoms with Crippen molar-refractivity contribution < 1.29 is 29.0 Å². The molecule has 0 aliphatic carbocycles. The van der Waals surface area contributed by atoms with Crippen LogP contribution < -0.4 is 4.90 Å². The Bertz CT molecular complexity index is 1170. The first-order valence-corrected chi connectivity index (χ1v) is 13.8. The lowest BCUT2D eigenvalue weighted by Crippen LogP contribution is -2.60. The zero-order valence-corrected chi connectivity index (χ0v) is 22.8. The van der Waals surface area contributed by atoms with Crippen molar-refractivity contribution >= 4 is 35.1 Å². The molecular weight excluding hydrogens is 508 g/mol. The molecule has 2 saturated heterocycles. The maximum absolute atomic E-state index is 14.5. The highest BCUT2D eigenvalue weighted by molar-refractivity contribution is 6.30. The van der Waals surface area contributed by atoms with Crippen LogP contribution in [0.2, 0.25) is 5.02 Å². The molecule has 1 N–H and O–H groups in total. The summed E-state index contributed by atoms with van der Waals surface area (Å²) in [6, 6.07) is 5.23. The summed E-state index contributed by atoms with van der Waals surface area (Å²) in [5.74, 6) is -3.23. The quantitative estimate of drug-likeness (QED) is 0.452. The Hall–Kier alpha value is -2.68. The molecule has 2 amide bonds. The first-order chi connectivity index (χ1) is 18.2. The summed E-state index contributed by atoms with van der Waals surface area (Å²) in [6.45, 7) is 5.91. The molecule has 2 fully saturated rings. The second-order valence-electron chi connectivity index (χ2n) is 10.9. The molecule has 8 nitrogen and oxygen atoms in total. The van der Waals surface area contributed by atoms with Crippen molar-refractivity contribution in [2.24, 2.45) is 17.8 Å². The summed E-state index contributed by atoms with van der Waals surface area (Å²) < 4.78 is 12.6. The molecule has 1 aromatic carbocycles. The number of rotatable bonds is 5. The van der Waals surface area contributed by atoms with E-state index in [4.69, 9.17) is 21.1 Å². The standard InChI is InChI=1S/C29H35ClN2O6/c1-4-28-13-6-5-7-16-37-27(36)23(28)22-25(34)32(21(17-33)18(2)3)24-26(35)31(15-8-14-29(22,24)38-28)20-11-9-19(30)10-12-20/h6,8-14,18,21-24,33H,4-5,7,15-17H2,1-3H3/b13-6-/t21-,22-,23+,24?,28-,29-/m0/s1. The summed E-state index contributed by atoms with van der Waals surface area (Å²) in [4.78, 5) is 45.6. The summed E-state index contributed by atoms with van der Waals surface area (Å²) >= 11 is 6.10. The van der Waals surface area contributed by atoms with Gasteiger partial charge in [0.05, 0.1) is 25.2 Å². The van der Waals surface area contributed by atoms with Gasteiger partial charge in [-0.25, -0.2) is 0 Å². The van der Waals surface area contributed by atoms with Gasteiger partial charge in [-0.1, -0.05) is 56.7 Å². The number of aliphatic hydroxyl groups is 1. The molecule has 6 atom stereocenters. The molecule has 0 radical (unpaired) electrons. The number of likely N-dealkylation sites (tertiary alicyclic amines) is 1. The number of allylic oxidation sites excluding steroid dienone is 1. The Labute approximate surface area is 228 Å². The summed E-state index contributed by atoms with van der Waals surface area (Å²) in [5.41, 5.74) is -1.87. The van der Waals surface area contributed by atoms with E-state index in [-0.39, 0.29) is 37.5 Å². The minimum Gasteiger partial charge on any atom is -0.465 e. The summed E-state index contributed by atoms with van der Waals surface area (Å²) in [6.07, 6.45) is 9.35. The van der Waals surface area contributed by atoms with Crippen LogP contribution in [0.5, 0.6) is 0 Å². The third-order valence-electron chi connectivity index (χ3n) is 8.52. The average molecular weight is 543 g/mol. The van der Waals surface area contributed by atoms with Crippen LogP contribution in [0.3, 0.4) is 0 Å². The number of esters is 1. The van der Waals surface area contributed by atoms with Gasteiger partial charge < -0.3 is 24.4 Å². The zero-order valence-electron chi connectivity index (χ0n) is 22.0. The molecule has 4 aliphatic heterocycles. The van der Waals surface area contributed by atoms with Crippen molar-refractivity contribution in [3.8, 4) is 0 Å². The number of cyclic esters (lactones) is 1. The number of aliphatic hydroxyl groups excluding tert-OH is 1. The third kappa shape index (κ3) is 4.00. The highest BCUT2D eigenvalue weighted by Crippen LogP contribution is 2.58. The van der Waals surface area contributed by atoms with Crippen molar-refractivity contribution in [2.75, 3.05) is 24.7 Å². The van der Waals surface area contributed by atoms with E-state index < -0.39 is 41.1 Å². The lowest BCUT2D eigenvalue weighted by atomic mass is 9.73. The van der Waals surface area contributed by atoms with Crippen molar-refractivity contribution in [2.45, 2.75) is 63.3 Å². The number of ether oxygens (including phenoxy) is 2. The molecule has 0 aromatic heterocycles. The number of amides is 2. The van der Waals surface area contributed by atoms with Crippen LogP contribution in [0.4, 0.5) is 5.69 Å². The summed E-state index contributed by atoms with van der Waals surface area (Å²) in [7, 11) is 0. The van der Waals surface area contributed by atoms with E-state index in [2.05, 4.69) is 0 Å². The number of carbonyl (C=O) groups is 3. The van der Waals surface area contributed by atoms with E-state index >= 15 is 0 Å². The van der Waals surface area contributed by atoms with Gasteiger partial charge in [0.25, 0.3) is 5.91 Å². The van der Waals surface area contributed by atoms with Crippen LogP contribution in [-0.4, -0.2) is 70.8 Å². The van der Waals surface area contributed by atoms with E-state index in [1.807, 2.05) is 39.0 Å². The monoisotopic (exact) mass is 542 g/mol. The van der Waals surface area contributed by atoms with Gasteiger partial charge in [-0.2, -0.15) is 0 Å². The first kappa shape index (κ1) is 26.9. The van der Waals surface area contributed by atoms with Crippen LogP contribution in [0, 0.1) is 17.8 Å². The minimum atomic E-state index is -1.40. The Morgan fingerprint density at radius 1 is 1.08 bits per heavy atom. The van der Waals surface area contributed by atoms with Gasteiger partial charge in [-0.05, 0) is 49.4 Å². The molecule has 1 spiro atoms. The number of nitrogens with zero attached hydrogens (tertiary/aromatic N) is 2. The van der Waals surface area contributed by atoms with Gasteiger partial charge in [0.1, 0.15) is 23.2 Å². The molecule has 1 aromatic rings. The fourth-order valence-corrected chi connectivity index (χ4v) is 6.77. The highest BCUT2D eigenvalue weighted by Gasteiger charge is 2.76. The number of hydrogen-bond donors (Lipinski definition) is 1. The van der Waals surface area contributed by atoms with Crippen molar-refractivity contribution in [3.63, 3.8) is 0 Å². The average Bonchev–Trinajstić information content (AvgIpc) is 3.27. The highest BCUT2D eigenvalue weighted by atomic mass is 35.5. The third-order valence-corrected chi connectivity index (χ3v) is 8.78. The molecule has 9 heteroatoms. The van der Waals surface area contributed by atoms with E-state index in [1.165, 1.54) is 4.90 Å². The van der Waals surface area contributed by atoms with Gasteiger partial charge in [0, 0.05) is 17.3 Å². The topological polar surface area (TPSA) is 96.4 Å². The van der Waals surface area contributed by atoms with E-state index in [0.717, 1.165) is 0 Å². The second kappa shape index (κ2) is 10.1. The van der Waals surface area contributed by atoms with Gasteiger partial charge >= 0.3 is 5.97 Å². The Kier molecular flexibility index (Phi) is 7.18. The predicted octanol–water partition coefficient (Wildman–Crippen LogP) is 3.51. The lowest BCUT2D eigenvalue weighted by molar-refractivity contribution is -0.161. The van der Waals surface area contributed by atoms with Crippen molar-refractivity contribution in [1.82, 2.24) is 4.90 Å². The molecule has 4 aliphatic rings. The molecule has 1 unspecified atom stereocenters. The van der Waals surface area contributed by atoms with E-state index in [9.17, 15) is 19.5 Å². The SMILES string of the molecule is CC[C@]12/C=C\CCCOC(=O)[C@H]1[C@H]1C(=O)N([C@@H](CO)C(C)C)C3C(=O)N(c4ccc(Cl)cc4)CC=C[C@@]31O2. The molecular formula is C29H35ClN2O6. The number of fused-ring (bicyclic) bond motifs is 2. The predicted molar refractivity (Wildman–Crippen MR) is 142 cm³/mol. The van der Waals surface area contributed by atoms with Crippen molar-refractivity contribution in [1.29, 1.82) is 0 Å². The molecule has 204 valence electrons. The zero-order chi connectivity index (χ0) is 27.2. The fourth-order valence-electron chi connectivity index (χ4n) is 6.64. The Balaban J connectivity index is 1.70. The molecule has 38 heavy (non-hydrogen) atoms. The molecule has 0 bridgehead atoms. The van der Waals surface area contributed by atoms with Gasteiger partial charge in [0.2, 0.25) is 5.91 Å². The number of benzene rings is 1. The number of anilines is 1. The van der Waals surface area contributed by atoms with Crippen LogP contribution >= 0.6 is 11.6 Å². The molecule has 0 saturated carbocycles. The largest absolute Gasteiger partial charge is 0.465 e. The van der Waals surface area contributed by atoms with Crippen molar-refractivity contribution in [3.05, 3.63) is 53.6 Å². The first-order valence-electron chi connectivity index (χ1n) is 13.4. The number of hydrogen-bond acceptors (Lipinski definition) is 6. The maximum Gasteiger partial charge on any atom is 0.313 e.